The predicted molar refractivity (Wildman–Crippen MR) is 106 cm³/mol. The number of nitrogens with one attached hydrogen (secondary N) is 1. The minimum atomic E-state index is -0.597. The van der Waals surface area contributed by atoms with Crippen LogP contribution < -0.4 is 10.1 Å². The summed E-state index contributed by atoms with van der Waals surface area (Å²) in [6.45, 7) is 1.80. The number of hydrogen-bond acceptors (Lipinski definition) is 5. The summed E-state index contributed by atoms with van der Waals surface area (Å²) in [6, 6.07) is 8.96. The van der Waals surface area contributed by atoms with Crippen molar-refractivity contribution >= 4 is 40.5 Å². The van der Waals surface area contributed by atoms with Gasteiger partial charge in [-0.25, -0.2) is 0 Å². The van der Waals surface area contributed by atoms with Crippen LogP contribution in [0.15, 0.2) is 42.6 Å². The van der Waals surface area contributed by atoms with Crippen LogP contribution in [0.25, 0.3) is 0 Å². The van der Waals surface area contributed by atoms with E-state index in [0.29, 0.717) is 10.8 Å². The molecule has 1 N–H and O–H groups in total. The number of rotatable bonds is 5. The number of nitro groups is 1. The Morgan fingerprint density at radius 1 is 1.25 bits per heavy atom. The lowest BCUT2D eigenvalue weighted by Gasteiger charge is -2.11. The smallest absolute Gasteiger partial charge is 0.277 e. The molecule has 2 aromatic carbocycles. The molecule has 0 unspecified atom stereocenters. The van der Waals surface area contributed by atoms with Crippen molar-refractivity contribution in [1.82, 2.24) is 9.78 Å². The molecular formula is C18H14Cl2N4O4. The lowest BCUT2D eigenvalue weighted by Crippen LogP contribution is -2.13. The molecule has 0 saturated carbocycles. The highest BCUT2D eigenvalue weighted by molar-refractivity contribution is 6.34. The van der Waals surface area contributed by atoms with Crippen LogP contribution in [0.4, 0.5) is 11.4 Å². The molecule has 8 nitrogen and oxygen atoms in total. The molecule has 144 valence electrons. The maximum atomic E-state index is 12.4. The Balaban J connectivity index is 1.92. The third-order valence-corrected chi connectivity index (χ3v) is 4.24. The predicted octanol–water partition coefficient (Wildman–Crippen LogP) is 4.99. The highest BCUT2D eigenvalue weighted by Gasteiger charge is 2.18. The van der Waals surface area contributed by atoms with Crippen molar-refractivity contribution in [2.75, 3.05) is 5.32 Å². The fraction of sp³-hybridized carbons (Fsp3) is 0.111. The van der Waals surface area contributed by atoms with E-state index in [1.807, 2.05) is 0 Å². The zero-order valence-electron chi connectivity index (χ0n) is 14.8. The van der Waals surface area contributed by atoms with Crippen LogP contribution in [0, 0.1) is 17.0 Å². The molecule has 0 aliphatic carbocycles. The second-order valence-corrected chi connectivity index (χ2v) is 6.78. The molecule has 0 aliphatic heterocycles. The van der Waals surface area contributed by atoms with Crippen LogP contribution in [0.1, 0.15) is 16.1 Å². The summed E-state index contributed by atoms with van der Waals surface area (Å²) in [5, 5.41) is 18.5. The second kappa shape index (κ2) is 7.87. The largest absolute Gasteiger partial charge is 0.457 e. The molecule has 1 heterocycles. The summed E-state index contributed by atoms with van der Waals surface area (Å²) in [5.74, 6) is 0.0664. The minimum Gasteiger partial charge on any atom is -0.457 e. The topological polar surface area (TPSA) is 99.3 Å². The molecule has 1 amide bonds. The molecule has 0 atom stereocenters. The number of benzene rings is 2. The minimum absolute atomic E-state index is 0.00619. The Labute approximate surface area is 169 Å². The Hall–Kier alpha value is -3.10. The van der Waals surface area contributed by atoms with Crippen LogP contribution in [-0.2, 0) is 7.05 Å². The van der Waals surface area contributed by atoms with Crippen molar-refractivity contribution in [3.05, 3.63) is 74.0 Å². The summed E-state index contributed by atoms with van der Waals surface area (Å²) in [5.41, 5.74) is 0.686. The van der Waals surface area contributed by atoms with Crippen LogP contribution in [-0.4, -0.2) is 20.6 Å². The number of carbonyl (C=O) groups is 1. The SMILES string of the molecule is Cc1cc(Cl)ccc1Oc1cc(NC(=O)c2nn(C)cc2Cl)cc([N+](=O)[O-])c1. The van der Waals surface area contributed by atoms with Gasteiger partial charge < -0.3 is 10.1 Å². The number of anilines is 1. The van der Waals surface area contributed by atoms with Crippen molar-refractivity contribution in [2.45, 2.75) is 6.92 Å². The maximum absolute atomic E-state index is 12.4. The van der Waals surface area contributed by atoms with E-state index in [2.05, 4.69) is 10.4 Å². The van der Waals surface area contributed by atoms with Crippen molar-refractivity contribution in [3.63, 3.8) is 0 Å². The average molecular weight is 421 g/mol. The number of aromatic nitrogens is 2. The van der Waals surface area contributed by atoms with Gasteiger partial charge in [-0.3, -0.25) is 19.6 Å². The Morgan fingerprint density at radius 3 is 2.61 bits per heavy atom. The zero-order chi connectivity index (χ0) is 20.4. The fourth-order valence-corrected chi connectivity index (χ4v) is 2.97. The highest BCUT2D eigenvalue weighted by atomic mass is 35.5. The Morgan fingerprint density at radius 2 is 2.00 bits per heavy atom. The third kappa shape index (κ3) is 4.41. The van der Waals surface area contributed by atoms with Crippen LogP contribution in [0.3, 0.4) is 0 Å². The summed E-state index contributed by atoms with van der Waals surface area (Å²) in [4.78, 5) is 23.1. The first-order chi connectivity index (χ1) is 13.2. The molecular weight excluding hydrogens is 407 g/mol. The van der Waals surface area contributed by atoms with Crippen LogP contribution in [0.2, 0.25) is 10.0 Å². The molecule has 0 saturated heterocycles. The summed E-state index contributed by atoms with van der Waals surface area (Å²) >= 11 is 11.9. The van der Waals surface area contributed by atoms with Gasteiger partial charge >= 0.3 is 0 Å². The summed E-state index contributed by atoms with van der Waals surface area (Å²) in [7, 11) is 1.62. The van der Waals surface area contributed by atoms with E-state index in [9.17, 15) is 14.9 Å². The quantitative estimate of drug-likeness (QED) is 0.462. The third-order valence-electron chi connectivity index (χ3n) is 3.72. The number of ether oxygens (including phenoxy) is 1. The zero-order valence-corrected chi connectivity index (χ0v) is 16.3. The monoisotopic (exact) mass is 420 g/mol. The van der Waals surface area contributed by atoms with Gasteiger partial charge in [0.2, 0.25) is 0 Å². The van der Waals surface area contributed by atoms with Gasteiger partial charge in [0.1, 0.15) is 11.5 Å². The molecule has 28 heavy (non-hydrogen) atoms. The van der Waals surface area contributed by atoms with Crippen molar-refractivity contribution in [2.24, 2.45) is 7.05 Å². The first kappa shape index (κ1) is 19.7. The summed E-state index contributed by atoms with van der Waals surface area (Å²) < 4.78 is 7.14. The van der Waals surface area contributed by atoms with E-state index >= 15 is 0 Å². The van der Waals surface area contributed by atoms with E-state index in [0.717, 1.165) is 5.56 Å². The Kier molecular flexibility index (Phi) is 5.53. The lowest BCUT2D eigenvalue weighted by molar-refractivity contribution is -0.384. The molecule has 0 spiro atoms. The lowest BCUT2D eigenvalue weighted by atomic mass is 10.2. The standard InChI is InChI=1S/C18H14Cl2N4O4/c1-10-5-11(19)3-4-16(10)28-14-7-12(6-13(8-14)24(26)27)21-18(25)17-15(20)9-23(2)22-17/h3-9H,1-2H3,(H,21,25). The van der Waals surface area contributed by atoms with E-state index in [1.54, 1.807) is 32.2 Å². The van der Waals surface area contributed by atoms with Gasteiger partial charge in [0, 0.05) is 30.4 Å². The van der Waals surface area contributed by atoms with Gasteiger partial charge in [0.15, 0.2) is 5.69 Å². The average Bonchev–Trinajstić information content (AvgIpc) is 2.95. The van der Waals surface area contributed by atoms with Gasteiger partial charge in [0.05, 0.1) is 21.7 Å². The van der Waals surface area contributed by atoms with E-state index in [4.69, 9.17) is 27.9 Å². The fourth-order valence-electron chi connectivity index (χ4n) is 2.48. The highest BCUT2D eigenvalue weighted by Crippen LogP contribution is 2.32. The Bertz CT molecular complexity index is 1080. The first-order valence-electron chi connectivity index (χ1n) is 7.97. The number of hydrogen-bond donors (Lipinski definition) is 1. The number of halogens is 2. The van der Waals surface area contributed by atoms with Crippen molar-refractivity contribution in [3.8, 4) is 11.5 Å². The molecule has 1 aromatic heterocycles. The van der Waals surface area contributed by atoms with Gasteiger partial charge in [-0.2, -0.15) is 5.10 Å². The molecule has 3 rings (SSSR count). The van der Waals surface area contributed by atoms with Crippen LogP contribution in [0.5, 0.6) is 11.5 Å². The number of non-ortho nitro benzene ring substituents is 1. The number of nitrogens with zero attached hydrogens (tertiary/aromatic N) is 3. The van der Waals surface area contributed by atoms with Crippen LogP contribution >= 0.6 is 23.2 Å². The van der Waals surface area contributed by atoms with Gasteiger partial charge in [-0.1, -0.05) is 23.2 Å². The molecule has 0 radical (unpaired) electrons. The maximum Gasteiger partial charge on any atom is 0.277 e. The van der Waals surface area contributed by atoms with Gasteiger partial charge in [-0.15, -0.1) is 0 Å². The summed E-state index contributed by atoms with van der Waals surface area (Å²) in [6.07, 6.45) is 1.47. The van der Waals surface area contributed by atoms with Crippen molar-refractivity contribution in [1.29, 1.82) is 0 Å². The second-order valence-electron chi connectivity index (χ2n) is 5.94. The molecule has 10 heteroatoms. The van der Waals surface area contributed by atoms with E-state index in [1.165, 1.54) is 29.1 Å². The van der Waals surface area contributed by atoms with Gasteiger partial charge in [0.25, 0.3) is 11.6 Å². The van der Waals surface area contributed by atoms with Gasteiger partial charge in [-0.05, 0) is 30.7 Å². The molecule has 0 fully saturated rings. The number of amides is 1. The molecule has 0 bridgehead atoms. The van der Waals surface area contributed by atoms with Crippen molar-refractivity contribution < 1.29 is 14.5 Å². The van der Waals surface area contributed by atoms with E-state index < -0.39 is 10.8 Å². The first-order valence-corrected chi connectivity index (χ1v) is 8.72. The number of nitro benzene ring substituents is 1. The molecule has 0 aliphatic rings. The normalized spacial score (nSPS) is 10.6. The number of aryl methyl sites for hydroxylation is 2. The number of carbonyl (C=O) groups excluding carboxylic acids is 1. The molecule has 3 aromatic rings. The van der Waals surface area contributed by atoms with E-state index in [-0.39, 0.29) is 27.8 Å².